The highest BCUT2D eigenvalue weighted by Crippen LogP contribution is 2.33. The average molecular weight is 422 g/mol. The van der Waals surface area contributed by atoms with Gasteiger partial charge in [-0.1, -0.05) is 13.2 Å². The van der Waals surface area contributed by atoms with Crippen LogP contribution in [0, 0.1) is 0 Å². The van der Waals surface area contributed by atoms with Crippen molar-refractivity contribution in [3.05, 3.63) is 54.9 Å². The minimum absolute atomic E-state index is 0.0407. The van der Waals surface area contributed by atoms with Crippen LogP contribution < -0.4 is 10.2 Å². The predicted molar refractivity (Wildman–Crippen MR) is 125 cm³/mol. The van der Waals surface area contributed by atoms with E-state index in [9.17, 15) is 4.79 Å². The fraction of sp³-hybridized carbons (Fsp3) is 0.391. The van der Waals surface area contributed by atoms with E-state index in [2.05, 4.69) is 38.3 Å². The van der Waals surface area contributed by atoms with Crippen LogP contribution in [0.3, 0.4) is 0 Å². The van der Waals surface area contributed by atoms with Crippen molar-refractivity contribution in [2.24, 2.45) is 0 Å². The van der Waals surface area contributed by atoms with Crippen molar-refractivity contribution >= 4 is 29.1 Å². The molecule has 0 radical (unpaired) electrons. The Labute approximate surface area is 184 Å². The molecule has 8 nitrogen and oxygen atoms in total. The molecule has 31 heavy (non-hydrogen) atoms. The Morgan fingerprint density at radius 2 is 2.06 bits per heavy atom. The molecule has 2 aromatic heterocycles. The highest BCUT2D eigenvalue weighted by Gasteiger charge is 2.31. The van der Waals surface area contributed by atoms with Gasteiger partial charge >= 0.3 is 0 Å². The van der Waals surface area contributed by atoms with Crippen LogP contribution in [0.15, 0.2) is 43.8 Å². The van der Waals surface area contributed by atoms with E-state index in [-0.39, 0.29) is 11.9 Å². The number of likely N-dealkylation sites (tertiary alicyclic amines) is 1. The van der Waals surface area contributed by atoms with E-state index in [0.29, 0.717) is 17.6 Å². The van der Waals surface area contributed by atoms with Gasteiger partial charge in [-0.25, -0.2) is 9.97 Å². The number of nitrogens with one attached hydrogen (secondary N) is 1. The monoisotopic (exact) mass is 421 g/mol. The zero-order valence-electron chi connectivity index (χ0n) is 18.8. The lowest BCUT2D eigenvalue weighted by molar-refractivity contribution is -0.125. The van der Waals surface area contributed by atoms with E-state index < -0.39 is 0 Å². The highest BCUT2D eigenvalue weighted by molar-refractivity contribution is 5.89. The molecule has 1 fully saturated rings. The summed E-state index contributed by atoms with van der Waals surface area (Å²) in [5, 5.41) is 3.27. The SMILES string of the molecule is C=CC(=O)N1CCCC1C(=C)c1cc(Nc2ccnc(N(C)C)n2)ncc1CN(C)C. The fourth-order valence-electron chi connectivity index (χ4n) is 3.77. The van der Waals surface area contributed by atoms with Gasteiger partial charge in [0, 0.05) is 39.6 Å². The largest absolute Gasteiger partial charge is 0.347 e. The fourth-order valence-corrected chi connectivity index (χ4v) is 3.77. The Morgan fingerprint density at radius 3 is 2.74 bits per heavy atom. The topological polar surface area (TPSA) is 77.5 Å². The van der Waals surface area contributed by atoms with Crippen molar-refractivity contribution < 1.29 is 4.79 Å². The Balaban J connectivity index is 1.93. The van der Waals surface area contributed by atoms with E-state index >= 15 is 0 Å². The molecule has 3 rings (SSSR count). The molecule has 0 spiro atoms. The van der Waals surface area contributed by atoms with Gasteiger partial charge in [0.2, 0.25) is 11.9 Å². The van der Waals surface area contributed by atoms with Crippen LogP contribution in [-0.2, 0) is 11.3 Å². The lowest BCUT2D eigenvalue weighted by atomic mass is 9.94. The second-order valence-electron chi connectivity index (χ2n) is 8.14. The number of hydrogen-bond donors (Lipinski definition) is 1. The van der Waals surface area contributed by atoms with Gasteiger partial charge in [0.15, 0.2) is 0 Å². The van der Waals surface area contributed by atoms with Crippen molar-refractivity contribution in [3.8, 4) is 0 Å². The quantitative estimate of drug-likeness (QED) is 0.657. The molecule has 0 saturated carbocycles. The molecular formula is C23H31N7O. The number of rotatable bonds is 8. The third-order valence-corrected chi connectivity index (χ3v) is 5.23. The van der Waals surface area contributed by atoms with E-state index in [1.807, 2.05) is 50.3 Å². The highest BCUT2D eigenvalue weighted by atomic mass is 16.2. The third kappa shape index (κ3) is 5.27. The Hall–Kier alpha value is -3.26. The zero-order chi connectivity index (χ0) is 22.5. The number of amides is 1. The van der Waals surface area contributed by atoms with Gasteiger partial charge in [-0.15, -0.1) is 0 Å². The van der Waals surface area contributed by atoms with Crippen molar-refractivity contribution in [1.82, 2.24) is 24.8 Å². The second-order valence-corrected chi connectivity index (χ2v) is 8.14. The van der Waals surface area contributed by atoms with Crippen LogP contribution in [0.5, 0.6) is 0 Å². The molecule has 8 heteroatoms. The number of anilines is 3. The predicted octanol–water partition coefficient (Wildman–Crippen LogP) is 2.93. The summed E-state index contributed by atoms with van der Waals surface area (Å²) in [4.78, 5) is 31.5. The Morgan fingerprint density at radius 1 is 1.29 bits per heavy atom. The van der Waals surface area contributed by atoms with Crippen molar-refractivity contribution in [3.63, 3.8) is 0 Å². The van der Waals surface area contributed by atoms with Gasteiger partial charge in [0.25, 0.3) is 0 Å². The Kier molecular flexibility index (Phi) is 7.02. The molecule has 1 amide bonds. The third-order valence-electron chi connectivity index (χ3n) is 5.23. The zero-order valence-corrected chi connectivity index (χ0v) is 18.8. The molecule has 164 valence electrons. The van der Waals surface area contributed by atoms with Gasteiger partial charge < -0.3 is 20.0 Å². The van der Waals surface area contributed by atoms with Crippen molar-refractivity contribution in [1.29, 1.82) is 0 Å². The minimum atomic E-state index is -0.0533. The number of hydrogen-bond acceptors (Lipinski definition) is 7. The number of carbonyl (C=O) groups excluding carboxylic acids is 1. The summed E-state index contributed by atoms with van der Waals surface area (Å²) in [5.74, 6) is 1.89. The standard InChI is InChI=1S/C23H31N7O/c1-7-22(31)30-12-8-9-19(30)16(2)18-13-21(25-14-17(18)15-28(3)4)26-20-10-11-24-23(27-20)29(5)6/h7,10-11,13-14,19H,1-2,8-9,12,15H2,3-6H3,(H,24,25,26,27). The maximum Gasteiger partial charge on any atom is 0.246 e. The van der Waals surface area contributed by atoms with Crippen LogP contribution in [0.4, 0.5) is 17.6 Å². The van der Waals surface area contributed by atoms with Gasteiger partial charge in [0.1, 0.15) is 11.6 Å². The second kappa shape index (κ2) is 9.70. The molecule has 1 unspecified atom stereocenters. The summed E-state index contributed by atoms with van der Waals surface area (Å²) in [6, 6.07) is 3.76. The summed E-state index contributed by atoms with van der Waals surface area (Å²) < 4.78 is 0. The van der Waals surface area contributed by atoms with Crippen molar-refractivity contribution in [2.45, 2.75) is 25.4 Å². The first-order valence-corrected chi connectivity index (χ1v) is 10.3. The normalized spacial score (nSPS) is 15.8. The summed E-state index contributed by atoms with van der Waals surface area (Å²) in [6.07, 6.45) is 6.80. The lowest BCUT2D eigenvalue weighted by Crippen LogP contribution is -2.35. The minimum Gasteiger partial charge on any atom is -0.347 e. The molecule has 0 aliphatic carbocycles. The van der Waals surface area contributed by atoms with E-state index in [1.165, 1.54) is 6.08 Å². The number of nitrogens with zero attached hydrogens (tertiary/aromatic N) is 6. The number of pyridine rings is 1. The molecule has 0 bridgehead atoms. The Bertz CT molecular complexity index is 970. The van der Waals surface area contributed by atoms with E-state index in [4.69, 9.17) is 0 Å². The van der Waals surface area contributed by atoms with Crippen LogP contribution in [-0.4, -0.2) is 71.4 Å². The average Bonchev–Trinajstić information content (AvgIpc) is 3.23. The van der Waals surface area contributed by atoms with Crippen LogP contribution in [0.2, 0.25) is 0 Å². The van der Waals surface area contributed by atoms with Gasteiger partial charge in [-0.3, -0.25) is 4.79 Å². The molecule has 3 heterocycles. The maximum absolute atomic E-state index is 12.3. The van der Waals surface area contributed by atoms with Crippen molar-refractivity contribution in [2.75, 3.05) is 45.0 Å². The smallest absolute Gasteiger partial charge is 0.246 e. The first-order chi connectivity index (χ1) is 14.8. The first kappa shape index (κ1) is 22.4. The van der Waals surface area contributed by atoms with Crippen LogP contribution in [0.25, 0.3) is 5.57 Å². The molecule has 0 aromatic carbocycles. The molecule has 1 atom stereocenters. The number of carbonyl (C=O) groups is 1. The summed E-state index contributed by atoms with van der Waals surface area (Å²) in [7, 11) is 7.83. The lowest BCUT2D eigenvalue weighted by Gasteiger charge is -2.27. The molecule has 1 aliphatic heterocycles. The molecule has 2 aromatic rings. The summed E-state index contributed by atoms with van der Waals surface area (Å²) in [5.41, 5.74) is 2.99. The first-order valence-electron chi connectivity index (χ1n) is 10.3. The van der Waals surface area contributed by atoms with Crippen LogP contribution >= 0.6 is 0 Å². The summed E-state index contributed by atoms with van der Waals surface area (Å²) >= 11 is 0. The van der Waals surface area contributed by atoms with Gasteiger partial charge in [0.05, 0.1) is 6.04 Å². The molecule has 1 aliphatic rings. The van der Waals surface area contributed by atoms with Crippen LogP contribution in [0.1, 0.15) is 24.0 Å². The molecular weight excluding hydrogens is 390 g/mol. The molecule has 1 saturated heterocycles. The van der Waals surface area contributed by atoms with Gasteiger partial charge in [-0.05, 0) is 61.8 Å². The molecule has 1 N–H and O–H groups in total. The van der Waals surface area contributed by atoms with E-state index in [0.717, 1.165) is 42.6 Å². The number of aromatic nitrogens is 3. The maximum atomic E-state index is 12.3. The van der Waals surface area contributed by atoms with E-state index in [1.54, 1.807) is 12.3 Å². The summed E-state index contributed by atoms with van der Waals surface area (Å²) in [6.45, 7) is 9.49. The van der Waals surface area contributed by atoms with Gasteiger partial charge in [-0.2, -0.15) is 4.98 Å².